The summed E-state index contributed by atoms with van der Waals surface area (Å²) >= 11 is 12.1. The average Bonchev–Trinajstić information content (AvgIpc) is 2.32. The van der Waals surface area contributed by atoms with E-state index in [2.05, 4.69) is 9.72 Å². The lowest BCUT2D eigenvalue weighted by Crippen LogP contribution is -2.04. The van der Waals surface area contributed by atoms with Gasteiger partial charge in [0.25, 0.3) is 0 Å². The van der Waals surface area contributed by atoms with Crippen LogP contribution < -0.4 is 0 Å². The molecule has 0 N–H and O–H groups in total. The summed E-state index contributed by atoms with van der Waals surface area (Å²) in [6.07, 6.45) is 0. The molecule has 0 aliphatic rings. The highest BCUT2D eigenvalue weighted by atomic mass is 35.5. The molecule has 0 saturated carbocycles. The van der Waals surface area contributed by atoms with E-state index in [1.807, 2.05) is 13.0 Å². The minimum absolute atomic E-state index is 0.150. The van der Waals surface area contributed by atoms with E-state index < -0.39 is 5.97 Å². The highest BCUT2D eigenvalue weighted by Crippen LogP contribution is 2.31. The summed E-state index contributed by atoms with van der Waals surface area (Å²) in [6, 6.07) is 5.20. The quantitative estimate of drug-likeness (QED) is 0.586. The molecule has 2 aromatic rings. The SMILES string of the molecule is COC(=O)c1cc2c(Cl)ccc(C)c2c(Cl)n1. The summed E-state index contributed by atoms with van der Waals surface area (Å²) < 4.78 is 4.61. The average molecular weight is 270 g/mol. The van der Waals surface area contributed by atoms with Crippen LogP contribution in [-0.4, -0.2) is 18.1 Å². The van der Waals surface area contributed by atoms with Crippen molar-refractivity contribution < 1.29 is 9.53 Å². The zero-order chi connectivity index (χ0) is 12.6. The lowest BCUT2D eigenvalue weighted by molar-refractivity contribution is 0.0594. The van der Waals surface area contributed by atoms with Crippen LogP contribution in [0, 0.1) is 6.92 Å². The van der Waals surface area contributed by atoms with Crippen molar-refractivity contribution in [2.24, 2.45) is 0 Å². The molecule has 0 unspecified atom stereocenters. The number of methoxy groups -OCH3 is 1. The molecule has 0 spiro atoms. The summed E-state index contributed by atoms with van der Waals surface area (Å²) in [5, 5.41) is 2.24. The third-order valence-corrected chi connectivity index (χ3v) is 3.10. The largest absolute Gasteiger partial charge is 0.464 e. The first kappa shape index (κ1) is 12.1. The molecule has 5 heteroatoms. The number of carbonyl (C=O) groups excluding carboxylic acids is 1. The van der Waals surface area contributed by atoms with Crippen molar-refractivity contribution in [1.29, 1.82) is 0 Å². The van der Waals surface area contributed by atoms with Crippen molar-refractivity contribution in [3.8, 4) is 0 Å². The Hall–Kier alpha value is -1.32. The zero-order valence-electron chi connectivity index (χ0n) is 9.25. The summed E-state index contributed by atoms with van der Waals surface area (Å²) in [4.78, 5) is 15.4. The van der Waals surface area contributed by atoms with Crippen LogP contribution in [-0.2, 0) is 4.74 Å². The van der Waals surface area contributed by atoms with E-state index in [1.165, 1.54) is 7.11 Å². The van der Waals surface area contributed by atoms with Gasteiger partial charge in [-0.05, 0) is 24.6 Å². The minimum atomic E-state index is -0.536. The van der Waals surface area contributed by atoms with Crippen LogP contribution in [0.1, 0.15) is 16.1 Å². The molecule has 1 heterocycles. The van der Waals surface area contributed by atoms with Crippen LogP contribution in [0.15, 0.2) is 18.2 Å². The Morgan fingerprint density at radius 3 is 2.71 bits per heavy atom. The second-order valence-electron chi connectivity index (χ2n) is 3.58. The minimum Gasteiger partial charge on any atom is -0.464 e. The number of halogens is 2. The monoisotopic (exact) mass is 269 g/mol. The lowest BCUT2D eigenvalue weighted by atomic mass is 10.1. The van der Waals surface area contributed by atoms with E-state index in [0.29, 0.717) is 10.4 Å². The number of nitrogens with zero attached hydrogens (tertiary/aromatic N) is 1. The molecular weight excluding hydrogens is 261 g/mol. The number of aromatic nitrogens is 1. The van der Waals surface area contributed by atoms with Gasteiger partial charge in [-0.15, -0.1) is 0 Å². The molecule has 2 rings (SSSR count). The number of aryl methyl sites for hydroxylation is 1. The molecule has 0 aliphatic heterocycles. The maximum Gasteiger partial charge on any atom is 0.356 e. The second kappa shape index (κ2) is 4.51. The molecule has 1 aromatic carbocycles. The van der Waals surface area contributed by atoms with Crippen LogP contribution in [0.2, 0.25) is 10.2 Å². The Morgan fingerprint density at radius 2 is 2.06 bits per heavy atom. The molecule has 0 saturated heterocycles. The summed E-state index contributed by atoms with van der Waals surface area (Å²) in [6.45, 7) is 1.91. The van der Waals surface area contributed by atoms with Crippen molar-refractivity contribution in [2.75, 3.05) is 7.11 Å². The maximum absolute atomic E-state index is 11.4. The number of hydrogen-bond acceptors (Lipinski definition) is 3. The van der Waals surface area contributed by atoms with Crippen LogP contribution in [0.3, 0.4) is 0 Å². The highest BCUT2D eigenvalue weighted by molar-refractivity contribution is 6.39. The van der Waals surface area contributed by atoms with Gasteiger partial charge in [0.2, 0.25) is 0 Å². The molecule has 0 atom stereocenters. The number of esters is 1. The first-order chi connectivity index (χ1) is 8.04. The maximum atomic E-state index is 11.4. The van der Waals surface area contributed by atoms with Gasteiger partial charge in [0.15, 0.2) is 5.69 Å². The van der Waals surface area contributed by atoms with Crippen molar-refractivity contribution in [3.63, 3.8) is 0 Å². The first-order valence-electron chi connectivity index (χ1n) is 4.88. The van der Waals surface area contributed by atoms with Gasteiger partial charge in [0, 0.05) is 15.8 Å². The summed E-state index contributed by atoms with van der Waals surface area (Å²) in [5.41, 5.74) is 1.11. The molecule has 0 fully saturated rings. The zero-order valence-corrected chi connectivity index (χ0v) is 10.8. The Bertz CT molecular complexity index is 611. The molecule has 1 aromatic heterocycles. The molecule has 0 aliphatic carbocycles. The smallest absolute Gasteiger partial charge is 0.356 e. The van der Waals surface area contributed by atoms with Crippen molar-refractivity contribution in [1.82, 2.24) is 4.98 Å². The van der Waals surface area contributed by atoms with Gasteiger partial charge in [-0.3, -0.25) is 0 Å². The number of benzene rings is 1. The van der Waals surface area contributed by atoms with E-state index in [9.17, 15) is 4.79 Å². The number of ether oxygens (including phenoxy) is 1. The van der Waals surface area contributed by atoms with E-state index in [-0.39, 0.29) is 10.8 Å². The lowest BCUT2D eigenvalue weighted by Gasteiger charge is -2.07. The molecule has 3 nitrogen and oxygen atoms in total. The van der Waals surface area contributed by atoms with Gasteiger partial charge in [-0.25, -0.2) is 9.78 Å². The van der Waals surface area contributed by atoms with Gasteiger partial charge in [-0.2, -0.15) is 0 Å². The van der Waals surface area contributed by atoms with Gasteiger partial charge in [0.05, 0.1) is 7.11 Å². The second-order valence-corrected chi connectivity index (χ2v) is 4.34. The predicted octanol–water partition coefficient (Wildman–Crippen LogP) is 3.64. The van der Waals surface area contributed by atoms with Gasteiger partial charge >= 0.3 is 5.97 Å². The normalized spacial score (nSPS) is 10.6. The number of carbonyl (C=O) groups is 1. The molecular formula is C12H9Cl2NO2. The molecule has 17 heavy (non-hydrogen) atoms. The Kier molecular flexibility index (Phi) is 3.22. The topological polar surface area (TPSA) is 39.2 Å². The van der Waals surface area contributed by atoms with Crippen molar-refractivity contribution in [3.05, 3.63) is 39.6 Å². The third kappa shape index (κ3) is 2.08. The van der Waals surface area contributed by atoms with Crippen LogP contribution in [0.25, 0.3) is 10.8 Å². The highest BCUT2D eigenvalue weighted by Gasteiger charge is 2.14. The number of pyridine rings is 1. The Labute approximate surface area is 108 Å². The van der Waals surface area contributed by atoms with Crippen molar-refractivity contribution >= 4 is 39.9 Å². The van der Waals surface area contributed by atoms with Crippen molar-refractivity contribution in [2.45, 2.75) is 6.92 Å². The Balaban J connectivity index is 2.82. The predicted molar refractivity (Wildman–Crippen MR) is 67.8 cm³/mol. The summed E-state index contributed by atoms with van der Waals surface area (Å²) in [5.74, 6) is -0.536. The molecule has 0 amide bonds. The fourth-order valence-corrected chi connectivity index (χ4v) is 2.21. The van der Waals surface area contributed by atoms with Crippen LogP contribution in [0.4, 0.5) is 0 Å². The van der Waals surface area contributed by atoms with Gasteiger partial charge < -0.3 is 4.74 Å². The first-order valence-corrected chi connectivity index (χ1v) is 5.64. The number of fused-ring (bicyclic) bond motifs is 1. The fourth-order valence-electron chi connectivity index (χ4n) is 1.66. The molecule has 0 bridgehead atoms. The van der Waals surface area contributed by atoms with E-state index in [0.717, 1.165) is 10.9 Å². The van der Waals surface area contributed by atoms with E-state index in [1.54, 1.807) is 12.1 Å². The van der Waals surface area contributed by atoms with Gasteiger partial charge in [-0.1, -0.05) is 29.3 Å². The standard InChI is InChI=1S/C12H9Cl2NO2/c1-6-3-4-8(13)7-5-9(12(16)17-2)15-11(14)10(6)7/h3-5H,1-2H3. The van der Waals surface area contributed by atoms with Gasteiger partial charge in [0.1, 0.15) is 5.15 Å². The number of hydrogen-bond donors (Lipinski definition) is 0. The van der Waals surface area contributed by atoms with Crippen LogP contribution >= 0.6 is 23.2 Å². The third-order valence-electron chi connectivity index (χ3n) is 2.50. The number of rotatable bonds is 1. The Morgan fingerprint density at radius 1 is 1.35 bits per heavy atom. The van der Waals surface area contributed by atoms with E-state index >= 15 is 0 Å². The fraction of sp³-hybridized carbons (Fsp3) is 0.167. The molecule has 0 radical (unpaired) electrons. The van der Waals surface area contributed by atoms with E-state index in [4.69, 9.17) is 23.2 Å². The van der Waals surface area contributed by atoms with Crippen LogP contribution in [0.5, 0.6) is 0 Å². The summed E-state index contributed by atoms with van der Waals surface area (Å²) in [7, 11) is 1.29. The molecule has 88 valence electrons.